The van der Waals surface area contributed by atoms with Gasteiger partial charge < -0.3 is 9.67 Å². The fraction of sp³-hybridized carbons (Fsp3) is 0.308. The second kappa shape index (κ2) is 4.41. The largest absolute Gasteiger partial charge is 0.481 e. The van der Waals surface area contributed by atoms with E-state index in [0.717, 1.165) is 10.9 Å². The van der Waals surface area contributed by atoms with E-state index in [-0.39, 0.29) is 6.04 Å². The number of carbonyl (C=O) groups is 1. The first kappa shape index (κ1) is 12.0. The lowest BCUT2D eigenvalue weighted by Crippen LogP contribution is -2.21. The van der Waals surface area contributed by atoms with E-state index in [1.54, 1.807) is 6.92 Å². The van der Waals surface area contributed by atoms with Crippen LogP contribution in [0.3, 0.4) is 0 Å². The molecule has 1 heterocycles. The number of aromatic nitrogens is 1. The van der Waals surface area contributed by atoms with Crippen LogP contribution in [-0.4, -0.2) is 15.6 Å². The van der Waals surface area contributed by atoms with Gasteiger partial charge in [-0.15, -0.1) is 0 Å². The van der Waals surface area contributed by atoms with Gasteiger partial charge in [-0.25, -0.2) is 0 Å². The van der Waals surface area contributed by atoms with E-state index in [1.165, 1.54) is 0 Å². The maximum atomic E-state index is 11.0. The summed E-state index contributed by atoms with van der Waals surface area (Å²) in [6.07, 6.45) is 1.89. The highest BCUT2D eigenvalue weighted by Gasteiger charge is 2.21. The summed E-state index contributed by atoms with van der Waals surface area (Å²) < 4.78 is 1.96. The van der Waals surface area contributed by atoms with Gasteiger partial charge in [0.05, 0.1) is 5.92 Å². The smallest absolute Gasteiger partial charge is 0.308 e. The van der Waals surface area contributed by atoms with Crippen molar-refractivity contribution in [2.45, 2.75) is 19.9 Å². The third-order valence-electron chi connectivity index (χ3n) is 3.26. The van der Waals surface area contributed by atoms with Gasteiger partial charge in [0.15, 0.2) is 0 Å². The van der Waals surface area contributed by atoms with Crippen LogP contribution in [0, 0.1) is 5.92 Å². The standard InChI is InChI=1S/C13H14ClNO2/c1-8(13(16)17)9(2)15-7-6-10-11(14)4-3-5-12(10)15/h3-9H,1-2H3,(H,16,17). The van der Waals surface area contributed by atoms with Gasteiger partial charge in [-0.1, -0.05) is 17.7 Å². The van der Waals surface area contributed by atoms with Crippen LogP contribution in [0.4, 0.5) is 0 Å². The molecule has 17 heavy (non-hydrogen) atoms. The van der Waals surface area contributed by atoms with Crippen molar-refractivity contribution >= 4 is 28.5 Å². The van der Waals surface area contributed by atoms with Crippen LogP contribution in [-0.2, 0) is 4.79 Å². The van der Waals surface area contributed by atoms with Gasteiger partial charge in [-0.2, -0.15) is 0 Å². The Balaban J connectivity index is 2.50. The maximum absolute atomic E-state index is 11.0. The molecule has 0 bridgehead atoms. The van der Waals surface area contributed by atoms with E-state index in [4.69, 9.17) is 16.7 Å². The number of rotatable bonds is 3. The molecule has 0 aliphatic heterocycles. The lowest BCUT2D eigenvalue weighted by atomic mass is 10.0. The molecule has 3 nitrogen and oxygen atoms in total. The topological polar surface area (TPSA) is 42.2 Å². The molecule has 2 atom stereocenters. The third kappa shape index (κ3) is 2.03. The first-order chi connectivity index (χ1) is 8.02. The van der Waals surface area contributed by atoms with Crippen molar-refractivity contribution in [1.29, 1.82) is 0 Å². The van der Waals surface area contributed by atoms with Crippen molar-refractivity contribution in [2.24, 2.45) is 5.92 Å². The Morgan fingerprint density at radius 3 is 2.71 bits per heavy atom. The number of carboxylic acid groups (broad SMARTS) is 1. The summed E-state index contributed by atoms with van der Waals surface area (Å²) in [7, 11) is 0. The van der Waals surface area contributed by atoms with Gasteiger partial charge in [-0.3, -0.25) is 4.79 Å². The average Bonchev–Trinajstić information content (AvgIpc) is 2.72. The fourth-order valence-corrected chi connectivity index (χ4v) is 2.19. The molecule has 2 unspecified atom stereocenters. The van der Waals surface area contributed by atoms with E-state index in [9.17, 15) is 4.79 Å². The van der Waals surface area contributed by atoms with Crippen LogP contribution in [0.5, 0.6) is 0 Å². The predicted octanol–water partition coefficient (Wildman–Crippen LogP) is 3.58. The average molecular weight is 252 g/mol. The van der Waals surface area contributed by atoms with E-state index >= 15 is 0 Å². The first-order valence-electron chi connectivity index (χ1n) is 5.50. The zero-order valence-corrected chi connectivity index (χ0v) is 10.5. The summed E-state index contributed by atoms with van der Waals surface area (Å²) in [4.78, 5) is 11.0. The highest BCUT2D eigenvalue weighted by Crippen LogP contribution is 2.29. The second-order valence-electron chi connectivity index (χ2n) is 4.26. The Labute approximate surface area is 105 Å². The highest BCUT2D eigenvalue weighted by molar-refractivity contribution is 6.35. The Morgan fingerprint density at radius 1 is 1.35 bits per heavy atom. The van der Waals surface area contributed by atoms with Crippen LogP contribution in [0.15, 0.2) is 30.5 Å². The molecule has 90 valence electrons. The number of hydrogen-bond donors (Lipinski definition) is 1. The molecule has 0 radical (unpaired) electrons. The van der Waals surface area contributed by atoms with Crippen LogP contribution in [0.2, 0.25) is 5.02 Å². The van der Waals surface area contributed by atoms with E-state index < -0.39 is 11.9 Å². The summed E-state index contributed by atoms with van der Waals surface area (Å²) in [5.74, 6) is -1.23. The van der Waals surface area contributed by atoms with Crippen LogP contribution >= 0.6 is 11.6 Å². The predicted molar refractivity (Wildman–Crippen MR) is 68.5 cm³/mol. The van der Waals surface area contributed by atoms with Gasteiger partial charge in [0.2, 0.25) is 0 Å². The lowest BCUT2D eigenvalue weighted by Gasteiger charge is -2.19. The van der Waals surface area contributed by atoms with Gasteiger partial charge in [0, 0.05) is 28.2 Å². The van der Waals surface area contributed by atoms with Crippen molar-refractivity contribution in [2.75, 3.05) is 0 Å². The highest BCUT2D eigenvalue weighted by atomic mass is 35.5. The Bertz CT molecular complexity index is 562. The first-order valence-corrected chi connectivity index (χ1v) is 5.88. The molecule has 1 aromatic heterocycles. The molecule has 2 rings (SSSR count). The van der Waals surface area contributed by atoms with Crippen LogP contribution in [0.1, 0.15) is 19.9 Å². The molecule has 1 aromatic carbocycles. The lowest BCUT2D eigenvalue weighted by molar-refractivity contribution is -0.142. The molecule has 0 fully saturated rings. The number of halogens is 1. The molecule has 0 spiro atoms. The Kier molecular flexibility index (Phi) is 3.11. The zero-order chi connectivity index (χ0) is 12.6. The molecule has 0 amide bonds. The van der Waals surface area contributed by atoms with E-state index in [0.29, 0.717) is 5.02 Å². The fourth-order valence-electron chi connectivity index (χ4n) is 1.95. The van der Waals surface area contributed by atoms with Gasteiger partial charge in [0.1, 0.15) is 0 Å². The molecule has 1 N–H and O–H groups in total. The minimum Gasteiger partial charge on any atom is -0.481 e. The number of aliphatic carboxylic acids is 1. The summed E-state index contributed by atoms with van der Waals surface area (Å²) in [5, 5.41) is 10.7. The number of hydrogen-bond acceptors (Lipinski definition) is 1. The van der Waals surface area contributed by atoms with Crippen molar-refractivity contribution in [3.8, 4) is 0 Å². The summed E-state index contributed by atoms with van der Waals surface area (Å²) in [5.41, 5.74) is 0.970. The quantitative estimate of drug-likeness (QED) is 0.906. The number of carboxylic acids is 1. The molecule has 4 heteroatoms. The monoisotopic (exact) mass is 251 g/mol. The van der Waals surface area contributed by atoms with Gasteiger partial charge in [-0.05, 0) is 32.0 Å². The summed E-state index contributed by atoms with van der Waals surface area (Å²) >= 11 is 6.09. The molecule has 0 aliphatic rings. The SMILES string of the molecule is CC(C(=O)O)C(C)n1ccc2c(Cl)cccc21. The molecular weight excluding hydrogens is 238 g/mol. The second-order valence-corrected chi connectivity index (χ2v) is 4.67. The Morgan fingerprint density at radius 2 is 2.06 bits per heavy atom. The molecule has 0 saturated heterocycles. The number of nitrogens with zero attached hydrogens (tertiary/aromatic N) is 1. The van der Waals surface area contributed by atoms with Gasteiger partial charge in [0.25, 0.3) is 0 Å². The van der Waals surface area contributed by atoms with Crippen molar-refractivity contribution in [1.82, 2.24) is 4.57 Å². The minimum absolute atomic E-state index is 0.108. The molecule has 2 aromatic rings. The summed E-state index contributed by atoms with van der Waals surface area (Å²) in [6.45, 7) is 3.61. The Hall–Kier alpha value is -1.48. The normalized spacial score (nSPS) is 14.8. The van der Waals surface area contributed by atoms with E-state index in [1.807, 2.05) is 42.0 Å². The molecular formula is C13H14ClNO2. The van der Waals surface area contributed by atoms with Crippen LogP contribution < -0.4 is 0 Å². The zero-order valence-electron chi connectivity index (χ0n) is 9.72. The summed E-state index contributed by atoms with van der Waals surface area (Å²) in [6, 6.07) is 7.47. The number of benzene rings is 1. The minimum atomic E-state index is -0.790. The van der Waals surface area contributed by atoms with Crippen molar-refractivity contribution in [3.05, 3.63) is 35.5 Å². The van der Waals surface area contributed by atoms with Crippen LogP contribution in [0.25, 0.3) is 10.9 Å². The van der Waals surface area contributed by atoms with E-state index in [2.05, 4.69) is 0 Å². The van der Waals surface area contributed by atoms with Crippen molar-refractivity contribution < 1.29 is 9.90 Å². The maximum Gasteiger partial charge on any atom is 0.308 e. The van der Waals surface area contributed by atoms with Gasteiger partial charge >= 0.3 is 5.97 Å². The third-order valence-corrected chi connectivity index (χ3v) is 3.59. The molecule has 0 aliphatic carbocycles. The molecule has 0 saturated carbocycles. The number of fused-ring (bicyclic) bond motifs is 1. The van der Waals surface area contributed by atoms with Crippen molar-refractivity contribution in [3.63, 3.8) is 0 Å².